The number of carboxylic acids is 1. The van der Waals surface area contributed by atoms with Gasteiger partial charge < -0.3 is 19.9 Å². The van der Waals surface area contributed by atoms with Crippen LogP contribution in [0.1, 0.15) is 80.3 Å². The van der Waals surface area contributed by atoms with Crippen LogP contribution < -0.4 is 14.8 Å². The molecule has 0 saturated heterocycles. The summed E-state index contributed by atoms with van der Waals surface area (Å²) in [6.07, 6.45) is 10.5. The van der Waals surface area contributed by atoms with Crippen molar-refractivity contribution >= 4 is 23.3 Å². The van der Waals surface area contributed by atoms with Gasteiger partial charge in [-0.3, -0.25) is 0 Å². The van der Waals surface area contributed by atoms with Crippen LogP contribution in [-0.4, -0.2) is 23.9 Å². The highest BCUT2D eigenvalue weighted by atomic mass is 16.5. The Hall–Kier alpha value is -2.95. The number of anilines is 1. The molecule has 170 valence electrons. The van der Waals surface area contributed by atoms with Gasteiger partial charge in [-0.2, -0.15) is 0 Å². The Morgan fingerprint density at radius 1 is 1.19 bits per heavy atom. The summed E-state index contributed by atoms with van der Waals surface area (Å²) < 4.78 is 12.2. The van der Waals surface area contributed by atoms with E-state index in [1.54, 1.807) is 12.1 Å². The smallest absolute Gasteiger partial charge is 0.335 e. The fraction of sp³-hybridized carbons (Fsp3) is 0.444. The van der Waals surface area contributed by atoms with Crippen molar-refractivity contribution in [1.29, 1.82) is 0 Å². The van der Waals surface area contributed by atoms with Crippen LogP contribution in [-0.2, 0) is 0 Å². The number of benzene rings is 2. The highest BCUT2D eigenvalue weighted by molar-refractivity contribution is 5.94. The first-order chi connectivity index (χ1) is 15.5. The molecule has 0 aromatic heterocycles. The molecule has 2 N–H and O–H groups in total. The third-order valence-corrected chi connectivity index (χ3v) is 6.44. The number of rotatable bonds is 6. The summed E-state index contributed by atoms with van der Waals surface area (Å²) in [5, 5.41) is 12.8. The number of nitrogens with one attached hydrogen (secondary N) is 1. The Balaban J connectivity index is 1.75. The molecular weight excluding hydrogens is 402 g/mol. The average molecular weight is 436 g/mol. The van der Waals surface area contributed by atoms with Crippen molar-refractivity contribution in [1.82, 2.24) is 0 Å². The molecule has 2 aromatic rings. The third-order valence-electron chi connectivity index (χ3n) is 6.44. The first kappa shape index (κ1) is 22.3. The van der Waals surface area contributed by atoms with E-state index in [-0.39, 0.29) is 18.4 Å². The third kappa shape index (κ3) is 5.09. The molecule has 1 aliphatic carbocycles. The molecule has 1 unspecified atom stereocenters. The van der Waals surface area contributed by atoms with Crippen molar-refractivity contribution < 1.29 is 19.4 Å². The topological polar surface area (TPSA) is 67.8 Å². The lowest BCUT2D eigenvalue weighted by Gasteiger charge is -2.26. The van der Waals surface area contributed by atoms with Gasteiger partial charge in [-0.15, -0.1) is 0 Å². The molecule has 5 heteroatoms. The number of ether oxygens (including phenoxy) is 2. The van der Waals surface area contributed by atoms with E-state index in [2.05, 4.69) is 31.3 Å². The van der Waals surface area contributed by atoms with E-state index in [1.807, 2.05) is 18.2 Å². The van der Waals surface area contributed by atoms with Crippen LogP contribution in [0.5, 0.6) is 11.5 Å². The first-order valence-electron chi connectivity index (χ1n) is 11.8. The summed E-state index contributed by atoms with van der Waals surface area (Å²) >= 11 is 0. The summed E-state index contributed by atoms with van der Waals surface area (Å²) in [6.45, 7) is 4.50. The second-order valence-electron chi connectivity index (χ2n) is 8.88. The summed E-state index contributed by atoms with van der Waals surface area (Å²) in [5.41, 5.74) is 4.43. The van der Waals surface area contributed by atoms with Crippen molar-refractivity contribution in [2.45, 2.75) is 64.9 Å². The molecule has 1 fully saturated rings. The fourth-order valence-electron chi connectivity index (χ4n) is 4.79. The number of aromatic carboxylic acids is 1. The number of hydrogen-bond donors (Lipinski definition) is 2. The molecule has 0 spiro atoms. The Morgan fingerprint density at radius 3 is 2.75 bits per heavy atom. The zero-order chi connectivity index (χ0) is 22.5. The van der Waals surface area contributed by atoms with Crippen LogP contribution in [0.15, 0.2) is 36.4 Å². The molecule has 1 heterocycles. The number of fused-ring (bicyclic) bond motifs is 2. The van der Waals surface area contributed by atoms with Gasteiger partial charge in [0.1, 0.15) is 11.5 Å². The van der Waals surface area contributed by atoms with E-state index in [9.17, 15) is 9.90 Å². The number of carboxylic acid groups (broad SMARTS) is 1. The van der Waals surface area contributed by atoms with E-state index in [4.69, 9.17) is 9.47 Å². The maximum absolute atomic E-state index is 11.6. The maximum atomic E-state index is 11.6. The maximum Gasteiger partial charge on any atom is 0.335 e. The monoisotopic (exact) mass is 435 g/mol. The molecule has 0 bridgehead atoms. The predicted octanol–water partition coefficient (Wildman–Crippen LogP) is 6.83. The molecule has 32 heavy (non-hydrogen) atoms. The summed E-state index contributed by atoms with van der Waals surface area (Å²) in [6, 6.07) is 11.4. The van der Waals surface area contributed by atoms with Crippen LogP contribution >= 0.6 is 0 Å². The highest BCUT2D eigenvalue weighted by Crippen LogP contribution is 2.41. The molecule has 1 saturated carbocycles. The molecule has 2 aliphatic rings. The van der Waals surface area contributed by atoms with E-state index in [0.29, 0.717) is 5.92 Å². The lowest BCUT2D eigenvalue weighted by Crippen LogP contribution is -2.13. The quantitative estimate of drug-likeness (QED) is 0.520. The Kier molecular flexibility index (Phi) is 7.03. The average Bonchev–Trinajstić information content (AvgIpc) is 2.86. The molecular formula is C27H33NO4. The molecule has 1 aliphatic heterocycles. The van der Waals surface area contributed by atoms with E-state index in [0.717, 1.165) is 54.0 Å². The minimum absolute atomic E-state index is 0.152. The van der Waals surface area contributed by atoms with Crippen molar-refractivity contribution in [3.05, 3.63) is 53.1 Å². The summed E-state index contributed by atoms with van der Waals surface area (Å²) in [5.74, 6) is 1.11. The second-order valence-corrected chi connectivity index (χ2v) is 8.88. The van der Waals surface area contributed by atoms with Gasteiger partial charge in [0.05, 0.1) is 11.7 Å². The van der Waals surface area contributed by atoms with Gasteiger partial charge in [-0.05, 0) is 68.0 Å². The van der Waals surface area contributed by atoms with Crippen LogP contribution in [0.2, 0.25) is 0 Å². The van der Waals surface area contributed by atoms with Gasteiger partial charge in [-0.1, -0.05) is 38.7 Å². The highest BCUT2D eigenvalue weighted by Gasteiger charge is 2.23. The summed E-state index contributed by atoms with van der Waals surface area (Å²) in [7, 11) is 0. The normalized spacial score (nSPS) is 18.9. The van der Waals surface area contributed by atoms with Crippen LogP contribution in [0.4, 0.5) is 5.69 Å². The molecule has 5 nitrogen and oxygen atoms in total. The van der Waals surface area contributed by atoms with Gasteiger partial charge in [-0.25, -0.2) is 4.79 Å². The Bertz CT molecular complexity index is 991. The molecule has 0 amide bonds. The molecule has 4 rings (SSSR count). The van der Waals surface area contributed by atoms with Gasteiger partial charge in [0.15, 0.2) is 6.73 Å². The number of carbonyl (C=O) groups is 1. The van der Waals surface area contributed by atoms with E-state index < -0.39 is 5.97 Å². The SMILES string of the molecule is CCCC(C)Oc1ccc2c(c1)OCNc1cc(C(=O)O)ccc1/C(C1CCCCC1)=C/2. The van der Waals surface area contributed by atoms with Crippen molar-refractivity contribution in [3.8, 4) is 11.5 Å². The lowest BCUT2D eigenvalue weighted by molar-refractivity contribution is 0.0697. The van der Waals surface area contributed by atoms with Crippen molar-refractivity contribution in [2.24, 2.45) is 5.92 Å². The van der Waals surface area contributed by atoms with Crippen LogP contribution in [0.3, 0.4) is 0 Å². The second kappa shape index (κ2) is 10.1. The minimum atomic E-state index is -0.926. The van der Waals surface area contributed by atoms with Gasteiger partial charge in [0.25, 0.3) is 0 Å². The molecule has 2 aromatic carbocycles. The predicted molar refractivity (Wildman–Crippen MR) is 128 cm³/mol. The van der Waals surface area contributed by atoms with Gasteiger partial charge in [0.2, 0.25) is 0 Å². The van der Waals surface area contributed by atoms with Crippen molar-refractivity contribution in [3.63, 3.8) is 0 Å². The van der Waals surface area contributed by atoms with Crippen molar-refractivity contribution in [2.75, 3.05) is 12.0 Å². The van der Waals surface area contributed by atoms with E-state index >= 15 is 0 Å². The fourth-order valence-corrected chi connectivity index (χ4v) is 4.79. The van der Waals surface area contributed by atoms with Gasteiger partial charge in [0, 0.05) is 22.9 Å². The largest absolute Gasteiger partial charge is 0.491 e. The van der Waals surface area contributed by atoms with Gasteiger partial charge >= 0.3 is 5.97 Å². The number of allylic oxidation sites excluding steroid dienone is 1. The Labute approximate surface area is 190 Å². The molecule has 1 atom stereocenters. The minimum Gasteiger partial charge on any atom is -0.491 e. The number of hydrogen-bond acceptors (Lipinski definition) is 4. The summed E-state index contributed by atoms with van der Waals surface area (Å²) in [4.78, 5) is 11.6. The van der Waals surface area contributed by atoms with E-state index in [1.165, 1.54) is 24.8 Å². The van der Waals surface area contributed by atoms with Crippen LogP contribution in [0.25, 0.3) is 11.6 Å². The zero-order valence-electron chi connectivity index (χ0n) is 19.0. The lowest BCUT2D eigenvalue weighted by atomic mass is 9.79. The van der Waals surface area contributed by atoms with Crippen LogP contribution in [0, 0.1) is 5.92 Å². The zero-order valence-corrected chi connectivity index (χ0v) is 19.0. The first-order valence-corrected chi connectivity index (χ1v) is 11.8. The Morgan fingerprint density at radius 2 is 2.00 bits per heavy atom. The standard InChI is InChI=1S/C27H33NO4/c1-3-7-18(2)32-22-12-10-20-14-24(19-8-5-4-6-9-19)23-13-11-21(27(29)30)15-25(23)28-17-31-26(20)16-22/h10-16,18-19,28H,3-9,17H2,1-2H3,(H,29,30)/b24-14+. The molecule has 0 radical (unpaired) electrons.